The summed E-state index contributed by atoms with van der Waals surface area (Å²) in [6, 6.07) is 12.7. The number of hydrogen-bond donors (Lipinski definition) is 1. The molecule has 0 spiro atoms. The summed E-state index contributed by atoms with van der Waals surface area (Å²) in [7, 11) is 0. The first-order chi connectivity index (χ1) is 10.5. The second-order valence-electron chi connectivity index (χ2n) is 6.43. The van der Waals surface area contributed by atoms with Gasteiger partial charge in [0, 0.05) is 12.6 Å². The van der Waals surface area contributed by atoms with Gasteiger partial charge in [-0.25, -0.2) is 0 Å². The number of benzene rings is 1. The zero-order valence-corrected chi connectivity index (χ0v) is 13.5. The van der Waals surface area contributed by atoms with Gasteiger partial charge in [-0.15, -0.1) is 0 Å². The lowest BCUT2D eigenvalue weighted by molar-refractivity contribution is -0.124. The number of nitriles is 1. The van der Waals surface area contributed by atoms with Crippen LogP contribution in [-0.2, 0) is 11.3 Å². The largest absolute Gasteiger partial charge is 0.337 e. The first-order valence-corrected chi connectivity index (χ1v) is 8.05. The van der Waals surface area contributed by atoms with Gasteiger partial charge in [-0.2, -0.15) is 5.26 Å². The molecular formula is C18H25N3O. The molecule has 0 heterocycles. The first-order valence-electron chi connectivity index (χ1n) is 8.05. The monoisotopic (exact) mass is 299 g/mol. The van der Waals surface area contributed by atoms with Crippen molar-refractivity contribution in [1.82, 2.24) is 10.2 Å². The van der Waals surface area contributed by atoms with Crippen molar-refractivity contribution in [3.8, 4) is 6.07 Å². The van der Waals surface area contributed by atoms with Crippen molar-refractivity contribution in [3.63, 3.8) is 0 Å². The Hall–Kier alpha value is -1.86. The van der Waals surface area contributed by atoms with Gasteiger partial charge in [0.25, 0.3) is 0 Å². The Morgan fingerprint density at radius 3 is 2.50 bits per heavy atom. The fraction of sp³-hybridized carbons (Fsp3) is 0.556. The Labute approximate surface area is 133 Å². The Bertz CT molecular complexity index is 527. The molecular weight excluding hydrogens is 274 g/mol. The molecule has 1 aromatic carbocycles. The summed E-state index contributed by atoms with van der Waals surface area (Å²) in [5.74, 6) is -0.0481. The molecule has 0 radical (unpaired) electrons. The molecule has 4 nitrogen and oxygen atoms in total. The molecule has 2 rings (SSSR count). The SMILES string of the molecule is CC(C)N(CC(=O)NC1(C#N)CCCC1)Cc1ccccc1. The van der Waals surface area contributed by atoms with Gasteiger partial charge in [0.1, 0.15) is 5.54 Å². The van der Waals surface area contributed by atoms with E-state index in [0.29, 0.717) is 6.54 Å². The van der Waals surface area contributed by atoms with Gasteiger partial charge < -0.3 is 5.32 Å². The van der Waals surface area contributed by atoms with Crippen molar-refractivity contribution in [3.05, 3.63) is 35.9 Å². The van der Waals surface area contributed by atoms with Crippen LogP contribution in [-0.4, -0.2) is 28.9 Å². The maximum Gasteiger partial charge on any atom is 0.235 e. The van der Waals surface area contributed by atoms with Crippen LogP contribution in [0.15, 0.2) is 30.3 Å². The summed E-state index contributed by atoms with van der Waals surface area (Å²) < 4.78 is 0. The summed E-state index contributed by atoms with van der Waals surface area (Å²) in [5.41, 5.74) is 0.562. The number of nitrogens with zero attached hydrogens (tertiary/aromatic N) is 2. The summed E-state index contributed by atoms with van der Waals surface area (Å²) >= 11 is 0. The number of nitrogens with one attached hydrogen (secondary N) is 1. The molecule has 0 atom stereocenters. The summed E-state index contributed by atoms with van der Waals surface area (Å²) in [4.78, 5) is 14.5. The second-order valence-corrected chi connectivity index (χ2v) is 6.43. The van der Waals surface area contributed by atoms with Crippen molar-refractivity contribution in [2.75, 3.05) is 6.54 Å². The third kappa shape index (κ3) is 4.32. The van der Waals surface area contributed by atoms with E-state index in [0.717, 1.165) is 32.2 Å². The number of carbonyl (C=O) groups is 1. The van der Waals surface area contributed by atoms with Crippen molar-refractivity contribution in [1.29, 1.82) is 5.26 Å². The van der Waals surface area contributed by atoms with Crippen LogP contribution in [0.25, 0.3) is 0 Å². The number of hydrogen-bond acceptors (Lipinski definition) is 3. The molecule has 1 aliphatic rings. The standard InChI is InChI=1S/C18H25N3O/c1-15(2)21(12-16-8-4-3-5-9-16)13-17(22)20-18(14-19)10-6-7-11-18/h3-5,8-9,15H,6-7,10-13H2,1-2H3,(H,20,22). The van der Waals surface area contributed by atoms with Gasteiger partial charge in [-0.3, -0.25) is 9.69 Å². The molecule has 1 saturated carbocycles. The van der Waals surface area contributed by atoms with Crippen LogP contribution in [0.3, 0.4) is 0 Å². The lowest BCUT2D eigenvalue weighted by Crippen LogP contribution is -2.49. The molecule has 0 unspecified atom stereocenters. The minimum atomic E-state index is -0.632. The molecule has 0 aliphatic heterocycles. The minimum Gasteiger partial charge on any atom is -0.337 e. The summed E-state index contributed by atoms with van der Waals surface area (Å²) in [6.45, 7) is 5.25. The van der Waals surface area contributed by atoms with Crippen LogP contribution in [0.4, 0.5) is 0 Å². The van der Waals surface area contributed by atoms with Gasteiger partial charge in [-0.05, 0) is 45.1 Å². The molecule has 4 heteroatoms. The Morgan fingerprint density at radius 2 is 1.95 bits per heavy atom. The Morgan fingerprint density at radius 1 is 1.32 bits per heavy atom. The van der Waals surface area contributed by atoms with Crippen molar-refractivity contribution in [2.45, 2.75) is 57.7 Å². The van der Waals surface area contributed by atoms with E-state index in [1.807, 2.05) is 18.2 Å². The van der Waals surface area contributed by atoms with Crippen LogP contribution < -0.4 is 5.32 Å². The molecule has 1 fully saturated rings. The molecule has 1 N–H and O–H groups in total. The van der Waals surface area contributed by atoms with E-state index >= 15 is 0 Å². The highest BCUT2D eigenvalue weighted by atomic mass is 16.2. The van der Waals surface area contributed by atoms with Crippen LogP contribution >= 0.6 is 0 Å². The first kappa shape index (κ1) is 16.5. The highest BCUT2D eigenvalue weighted by molar-refractivity contribution is 5.79. The number of rotatable bonds is 6. The third-order valence-electron chi connectivity index (χ3n) is 4.36. The lowest BCUT2D eigenvalue weighted by Gasteiger charge is -2.28. The van der Waals surface area contributed by atoms with Gasteiger partial charge in [0.05, 0.1) is 12.6 Å². The predicted molar refractivity (Wildman–Crippen MR) is 86.9 cm³/mol. The highest BCUT2D eigenvalue weighted by Crippen LogP contribution is 2.28. The van der Waals surface area contributed by atoms with Gasteiger partial charge in [0.15, 0.2) is 0 Å². The van der Waals surface area contributed by atoms with Crippen molar-refractivity contribution >= 4 is 5.91 Å². The summed E-state index contributed by atoms with van der Waals surface area (Å²) in [6.07, 6.45) is 3.59. The zero-order valence-electron chi connectivity index (χ0n) is 13.5. The highest BCUT2D eigenvalue weighted by Gasteiger charge is 2.35. The van der Waals surface area contributed by atoms with E-state index in [2.05, 4.69) is 42.3 Å². The average molecular weight is 299 g/mol. The van der Waals surface area contributed by atoms with Crippen LogP contribution in [0, 0.1) is 11.3 Å². The predicted octanol–water partition coefficient (Wildman–Crippen LogP) is 2.85. The molecule has 1 amide bonds. The van der Waals surface area contributed by atoms with E-state index < -0.39 is 5.54 Å². The molecule has 0 saturated heterocycles. The molecule has 118 valence electrons. The summed E-state index contributed by atoms with van der Waals surface area (Å²) in [5, 5.41) is 12.3. The van der Waals surface area contributed by atoms with E-state index in [1.165, 1.54) is 5.56 Å². The van der Waals surface area contributed by atoms with Crippen LogP contribution in [0.1, 0.15) is 45.1 Å². The molecule has 0 aromatic heterocycles. The number of amides is 1. The maximum absolute atomic E-state index is 12.4. The third-order valence-corrected chi connectivity index (χ3v) is 4.36. The van der Waals surface area contributed by atoms with E-state index in [9.17, 15) is 10.1 Å². The Balaban J connectivity index is 1.96. The molecule has 1 aliphatic carbocycles. The van der Waals surface area contributed by atoms with Gasteiger partial charge in [0.2, 0.25) is 5.91 Å². The smallest absolute Gasteiger partial charge is 0.235 e. The molecule has 0 bridgehead atoms. The fourth-order valence-corrected chi connectivity index (χ4v) is 2.97. The van der Waals surface area contributed by atoms with E-state index in [-0.39, 0.29) is 11.9 Å². The molecule has 1 aromatic rings. The van der Waals surface area contributed by atoms with Gasteiger partial charge >= 0.3 is 0 Å². The van der Waals surface area contributed by atoms with E-state index in [4.69, 9.17) is 0 Å². The van der Waals surface area contributed by atoms with E-state index in [1.54, 1.807) is 0 Å². The topological polar surface area (TPSA) is 56.1 Å². The fourth-order valence-electron chi connectivity index (χ4n) is 2.97. The van der Waals surface area contributed by atoms with Crippen molar-refractivity contribution < 1.29 is 4.79 Å². The average Bonchev–Trinajstić information content (AvgIpc) is 2.96. The zero-order chi connectivity index (χ0) is 16.0. The minimum absolute atomic E-state index is 0.0481. The Kier molecular flexibility index (Phi) is 5.57. The second kappa shape index (κ2) is 7.42. The molecule has 22 heavy (non-hydrogen) atoms. The lowest BCUT2D eigenvalue weighted by atomic mass is 10.00. The van der Waals surface area contributed by atoms with Crippen LogP contribution in [0.2, 0.25) is 0 Å². The van der Waals surface area contributed by atoms with Gasteiger partial charge in [-0.1, -0.05) is 30.3 Å². The maximum atomic E-state index is 12.4. The quantitative estimate of drug-likeness (QED) is 0.878. The van der Waals surface area contributed by atoms with Crippen molar-refractivity contribution in [2.24, 2.45) is 0 Å². The normalized spacial score (nSPS) is 16.7. The number of carbonyl (C=O) groups excluding carboxylic acids is 1. The van der Waals surface area contributed by atoms with Crippen LogP contribution in [0.5, 0.6) is 0 Å².